The maximum atomic E-state index is 11.7. The normalized spacial score (nSPS) is 20.3. The first kappa shape index (κ1) is 15.0. The van der Waals surface area contributed by atoms with E-state index in [1.807, 2.05) is 20.8 Å². The lowest BCUT2D eigenvalue weighted by Crippen LogP contribution is -2.46. The second kappa shape index (κ2) is 6.73. The molecular weight excluding hydrogens is 230 g/mol. The number of carbonyl (C=O) groups is 2. The van der Waals surface area contributed by atoms with Crippen LogP contribution in [0.25, 0.3) is 0 Å². The number of amides is 2. The zero-order chi connectivity index (χ0) is 13.6. The molecule has 0 aliphatic carbocycles. The smallest absolute Gasteiger partial charge is 0.225 e. The van der Waals surface area contributed by atoms with Gasteiger partial charge in [-0.3, -0.25) is 9.59 Å². The van der Waals surface area contributed by atoms with Crippen LogP contribution in [0, 0.1) is 5.41 Å². The first-order chi connectivity index (χ1) is 8.39. The Morgan fingerprint density at radius 3 is 2.61 bits per heavy atom. The van der Waals surface area contributed by atoms with Crippen molar-refractivity contribution in [3.8, 4) is 0 Å². The van der Waals surface area contributed by atoms with Crippen molar-refractivity contribution in [3.05, 3.63) is 0 Å². The second-order valence-corrected chi connectivity index (χ2v) is 5.87. The van der Waals surface area contributed by atoms with E-state index in [1.54, 1.807) is 0 Å². The fourth-order valence-corrected chi connectivity index (χ4v) is 1.83. The van der Waals surface area contributed by atoms with Crippen molar-refractivity contribution in [1.29, 1.82) is 0 Å². The third kappa shape index (κ3) is 5.49. The molecule has 1 aliphatic rings. The first-order valence-corrected chi connectivity index (χ1v) is 6.68. The second-order valence-electron chi connectivity index (χ2n) is 5.87. The van der Waals surface area contributed by atoms with E-state index in [0.29, 0.717) is 13.0 Å². The molecule has 18 heavy (non-hydrogen) atoms. The zero-order valence-electron chi connectivity index (χ0n) is 11.6. The van der Waals surface area contributed by atoms with Gasteiger partial charge in [0.15, 0.2) is 0 Å². The molecule has 0 aromatic rings. The highest BCUT2D eigenvalue weighted by Gasteiger charge is 2.21. The van der Waals surface area contributed by atoms with Crippen LogP contribution in [-0.2, 0) is 9.59 Å². The van der Waals surface area contributed by atoms with Crippen molar-refractivity contribution < 1.29 is 9.59 Å². The summed E-state index contributed by atoms with van der Waals surface area (Å²) in [5.74, 6) is -0.00691. The first-order valence-electron chi connectivity index (χ1n) is 6.68. The van der Waals surface area contributed by atoms with Crippen molar-refractivity contribution in [3.63, 3.8) is 0 Å². The van der Waals surface area contributed by atoms with Gasteiger partial charge in [0.25, 0.3) is 0 Å². The predicted octanol–water partition coefficient (Wildman–Crippen LogP) is 0.407. The van der Waals surface area contributed by atoms with Crippen LogP contribution in [0.15, 0.2) is 0 Å². The number of piperidine rings is 1. The van der Waals surface area contributed by atoms with Gasteiger partial charge in [-0.2, -0.15) is 0 Å². The maximum Gasteiger partial charge on any atom is 0.225 e. The standard InChI is InChI=1S/C13H25N3O2/c1-13(2,3)12(18)15-8-6-11(17)16-10-5-4-7-14-9-10/h10,14H,4-9H2,1-3H3,(H,15,18)(H,16,17)/t10-/m0/s1. The van der Waals surface area contributed by atoms with Crippen molar-refractivity contribution in [1.82, 2.24) is 16.0 Å². The minimum absolute atomic E-state index is 0.0120. The van der Waals surface area contributed by atoms with Crippen LogP contribution in [0.1, 0.15) is 40.0 Å². The van der Waals surface area contributed by atoms with Gasteiger partial charge in [-0.15, -0.1) is 0 Å². The van der Waals surface area contributed by atoms with Gasteiger partial charge < -0.3 is 16.0 Å². The summed E-state index contributed by atoms with van der Waals surface area (Å²) in [4.78, 5) is 23.2. The molecule has 1 rings (SSSR count). The monoisotopic (exact) mass is 255 g/mol. The lowest BCUT2D eigenvalue weighted by atomic mass is 9.96. The molecule has 3 N–H and O–H groups in total. The van der Waals surface area contributed by atoms with Crippen molar-refractivity contribution >= 4 is 11.8 Å². The molecule has 0 unspecified atom stereocenters. The fourth-order valence-electron chi connectivity index (χ4n) is 1.83. The molecule has 0 saturated carbocycles. The van der Waals surface area contributed by atoms with Gasteiger partial charge in [-0.1, -0.05) is 20.8 Å². The Kier molecular flexibility index (Phi) is 5.59. The number of hydrogen-bond donors (Lipinski definition) is 3. The third-order valence-electron chi connectivity index (χ3n) is 2.98. The molecule has 1 aliphatic heterocycles. The number of nitrogens with one attached hydrogen (secondary N) is 3. The summed E-state index contributed by atoms with van der Waals surface area (Å²) < 4.78 is 0. The molecule has 2 amide bonds. The highest BCUT2D eigenvalue weighted by Crippen LogP contribution is 2.12. The maximum absolute atomic E-state index is 11.7. The summed E-state index contributed by atoms with van der Waals surface area (Å²) in [6.07, 6.45) is 2.48. The lowest BCUT2D eigenvalue weighted by Gasteiger charge is -2.24. The van der Waals surface area contributed by atoms with E-state index in [-0.39, 0.29) is 17.9 Å². The van der Waals surface area contributed by atoms with Gasteiger partial charge in [0.2, 0.25) is 11.8 Å². The van der Waals surface area contributed by atoms with Crippen LogP contribution in [0.3, 0.4) is 0 Å². The topological polar surface area (TPSA) is 70.2 Å². The van der Waals surface area contributed by atoms with Gasteiger partial charge in [-0.05, 0) is 19.4 Å². The number of carbonyl (C=O) groups excluding carboxylic acids is 2. The summed E-state index contributed by atoms with van der Waals surface area (Å²) in [6.45, 7) is 7.86. The molecule has 0 radical (unpaired) electrons. The molecule has 0 aromatic heterocycles. The van der Waals surface area contributed by atoms with Crippen LogP contribution < -0.4 is 16.0 Å². The molecule has 1 atom stereocenters. The van der Waals surface area contributed by atoms with E-state index in [2.05, 4.69) is 16.0 Å². The van der Waals surface area contributed by atoms with Gasteiger partial charge >= 0.3 is 0 Å². The minimum Gasteiger partial charge on any atom is -0.355 e. The molecule has 1 saturated heterocycles. The van der Waals surface area contributed by atoms with Crippen molar-refractivity contribution in [2.45, 2.75) is 46.1 Å². The van der Waals surface area contributed by atoms with E-state index in [4.69, 9.17) is 0 Å². The summed E-state index contributed by atoms with van der Waals surface area (Å²) in [5, 5.41) is 9.00. The zero-order valence-corrected chi connectivity index (χ0v) is 11.6. The van der Waals surface area contributed by atoms with Gasteiger partial charge in [0, 0.05) is 31.0 Å². The Balaban J connectivity index is 2.15. The van der Waals surface area contributed by atoms with Crippen LogP contribution in [0.4, 0.5) is 0 Å². The van der Waals surface area contributed by atoms with Crippen LogP contribution >= 0.6 is 0 Å². The summed E-state index contributed by atoms with van der Waals surface area (Å²) in [7, 11) is 0. The molecule has 0 spiro atoms. The van der Waals surface area contributed by atoms with Crippen molar-refractivity contribution in [2.75, 3.05) is 19.6 Å². The third-order valence-corrected chi connectivity index (χ3v) is 2.98. The highest BCUT2D eigenvalue weighted by atomic mass is 16.2. The summed E-state index contributed by atoms with van der Waals surface area (Å²) >= 11 is 0. The van der Waals surface area contributed by atoms with E-state index >= 15 is 0 Å². The molecule has 1 fully saturated rings. The molecular formula is C13H25N3O2. The predicted molar refractivity (Wildman–Crippen MR) is 71.1 cm³/mol. The Hall–Kier alpha value is -1.10. The Bertz CT molecular complexity index is 291. The van der Waals surface area contributed by atoms with Crippen molar-refractivity contribution in [2.24, 2.45) is 5.41 Å². The summed E-state index contributed by atoms with van der Waals surface area (Å²) in [5.41, 5.74) is -0.399. The average Bonchev–Trinajstić information content (AvgIpc) is 2.28. The quantitative estimate of drug-likeness (QED) is 0.681. The van der Waals surface area contributed by atoms with Gasteiger partial charge in [0.1, 0.15) is 0 Å². The largest absolute Gasteiger partial charge is 0.355 e. The average molecular weight is 255 g/mol. The van der Waals surface area contributed by atoms with Crippen LogP contribution in [0.2, 0.25) is 0 Å². The molecule has 1 heterocycles. The Morgan fingerprint density at radius 1 is 1.33 bits per heavy atom. The molecule has 5 heteroatoms. The lowest BCUT2D eigenvalue weighted by molar-refractivity contribution is -0.128. The summed E-state index contributed by atoms with van der Waals surface area (Å²) in [6, 6.07) is 0.240. The minimum atomic E-state index is -0.399. The molecule has 0 bridgehead atoms. The number of rotatable bonds is 4. The van der Waals surface area contributed by atoms with Gasteiger partial charge in [0.05, 0.1) is 0 Å². The Morgan fingerprint density at radius 2 is 2.06 bits per heavy atom. The van der Waals surface area contributed by atoms with Crippen LogP contribution in [0.5, 0.6) is 0 Å². The van der Waals surface area contributed by atoms with E-state index in [0.717, 1.165) is 25.9 Å². The van der Waals surface area contributed by atoms with Crippen LogP contribution in [-0.4, -0.2) is 37.5 Å². The molecule has 104 valence electrons. The van der Waals surface area contributed by atoms with Gasteiger partial charge in [-0.25, -0.2) is 0 Å². The van der Waals surface area contributed by atoms with E-state index < -0.39 is 5.41 Å². The van der Waals surface area contributed by atoms with E-state index in [9.17, 15) is 9.59 Å². The highest BCUT2D eigenvalue weighted by molar-refractivity contribution is 5.82. The molecule has 0 aromatic carbocycles. The number of hydrogen-bond acceptors (Lipinski definition) is 3. The van der Waals surface area contributed by atoms with E-state index in [1.165, 1.54) is 0 Å². The SMILES string of the molecule is CC(C)(C)C(=O)NCCC(=O)N[C@H]1CCCNC1. The fraction of sp³-hybridized carbons (Fsp3) is 0.846. The molecule has 5 nitrogen and oxygen atoms in total. The Labute approximate surface area is 109 Å².